The van der Waals surface area contributed by atoms with Crippen molar-refractivity contribution in [2.45, 2.75) is 0 Å². The Morgan fingerprint density at radius 3 is 2.64 bits per heavy atom. The average Bonchev–Trinajstić information content (AvgIpc) is 3.02. The number of benzene rings is 1. The molecule has 0 fully saturated rings. The summed E-state index contributed by atoms with van der Waals surface area (Å²) < 4.78 is 9.67. The van der Waals surface area contributed by atoms with Gasteiger partial charge in [0.15, 0.2) is 0 Å². The van der Waals surface area contributed by atoms with E-state index in [2.05, 4.69) is 10.2 Å². The molecule has 128 valence electrons. The van der Waals surface area contributed by atoms with Gasteiger partial charge in [0.2, 0.25) is 0 Å². The SMILES string of the molecule is COC(=O)C1=C(C(=O)OC)N(c2ccc(Cl)c3cn[nH]c23)C=CC=C1. The van der Waals surface area contributed by atoms with Crippen molar-refractivity contribution in [3.63, 3.8) is 0 Å². The highest BCUT2D eigenvalue weighted by atomic mass is 35.5. The number of ether oxygens (including phenoxy) is 2. The Morgan fingerprint density at radius 1 is 1.16 bits per heavy atom. The molecule has 2 heterocycles. The lowest BCUT2D eigenvalue weighted by Crippen LogP contribution is -2.27. The number of aromatic amines is 1. The van der Waals surface area contributed by atoms with Gasteiger partial charge >= 0.3 is 11.9 Å². The van der Waals surface area contributed by atoms with Crippen molar-refractivity contribution in [1.29, 1.82) is 0 Å². The third-order valence-corrected chi connectivity index (χ3v) is 4.02. The van der Waals surface area contributed by atoms with Gasteiger partial charge < -0.3 is 14.4 Å². The van der Waals surface area contributed by atoms with E-state index >= 15 is 0 Å². The fraction of sp³-hybridized carbons (Fsp3) is 0.118. The number of hydrogen-bond acceptors (Lipinski definition) is 6. The highest BCUT2D eigenvalue weighted by Gasteiger charge is 2.28. The number of hydrogen-bond donors (Lipinski definition) is 1. The number of aromatic nitrogens is 2. The molecule has 1 aromatic heterocycles. The van der Waals surface area contributed by atoms with Crippen LogP contribution in [0.5, 0.6) is 0 Å². The first-order valence-corrected chi connectivity index (χ1v) is 7.63. The minimum Gasteiger partial charge on any atom is -0.465 e. The van der Waals surface area contributed by atoms with Gasteiger partial charge in [-0.1, -0.05) is 17.7 Å². The molecule has 8 heteroatoms. The normalized spacial score (nSPS) is 14.0. The standard InChI is InChI=1S/C17H14ClN3O4/c1-24-16(22)10-5-3-4-8-21(15(10)17(23)25-2)13-7-6-12(18)11-9-19-20-14(11)13/h3-9H,1-2H3,(H,19,20). The van der Waals surface area contributed by atoms with Crippen LogP contribution in [0.1, 0.15) is 0 Å². The summed E-state index contributed by atoms with van der Waals surface area (Å²) in [6.07, 6.45) is 8.05. The monoisotopic (exact) mass is 359 g/mol. The second-order valence-electron chi connectivity index (χ2n) is 5.04. The van der Waals surface area contributed by atoms with Crippen LogP contribution in [0.15, 0.2) is 54.0 Å². The van der Waals surface area contributed by atoms with Crippen molar-refractivity contribution in [1.82, 2.24) is 10.2 Å². The summed E-state index contributed by atoms with van der Waals surface area (Å²) in [5, 5.41) is 8.07. The molecule has 1 aliphatic rings. The number of halogens is 1. The van der Waals surface area contributed by atoms with E-state index in [-0.39, 0.29) is 11.3 Å². The van der Waals surface area contributed by atoms with Crippen LogP contribution >= 0.6 is 11.6 Å². The number of methoxy groups -OCH3 is 2. The zero-order valence-corrected chi connectivity index (χ0v) is 14.2. The summed E-state index contributed by atoms with van der Waals surface area (Å²) in [6.45, 7) is 0. The van der Waals surface area contributed by atoms with E-state index in [9.17, 15) is 9.59 Å². The number of carbonyl (C=O) groups is 2. The largest absolute Gasteiger partial charge is 0.465 e. The van der Waals surface area contributed by atoms with Crippen LogP contribution in [0.4, 0.5) is 5.69 Å². The predicted molar refractivity (Wildman–Crippen MR) is 92.9 cm³/mol. The van der Waals surface area contributed by atoms with Crippen LogP contribution in [0.25, 0.3) is 10.9 Å². The van der Waals surface area contributed by atoms with Crippen LogP contribution in [0.3, 0.4) is 0 Å². The maximum absolute atomic E-state index is 12.4. The van der Waals surface area contributed by atoms with Crippen LogP contribution in [-0.2, 0) is 19.1 Å². The fourth-order valence-corrected chi connectivity index (χ4v) is 2.75. The van der Waals surface area contributed by atoms with E-state index in [0.29, 0.717) is 21.6 Å². The number of rotatable bonds is 3. The highest BCUT2D eigenvalue weighted by molar-refractivity contribution is 6.35. The summed E-state index contributed by atoms with van der Waals surface area (Å²) in [6, 6.07) is 3.41. The van der Waals surface area contributed by atoms with E-state index in [1.807, 2.05) is 0 Å². The molecule has 0 atom stereocenters. The van der Waals surface area contributed by atoms with E-state index < -0.39 is 11.9 Å². The lowest BCUT2D eigenvalue weighted by atomic mass is 10.1. The molecule has 0 aliphatic carbocycles. The van der Waals surface area contributed by atoms with E-state index in [4.69, 9.17) is 21.1 Å². The van der Waals surface area contributed by atoms with Gasteiger partial charge in [0.05, 0.1) is 42.2 Å². The molecule has 0 spiro atoms. The molecule has 0 saturated heterocycles. The van der Waals surface area contributed by atoms with E-state index in [1.54, 1.807) is 36.7 Å². The molecule has 1 aromatic carbocycles. The van der Waals surface area contributed by atoms with Crippen molar-refractivity contribution in [2.24, 2.45) is 0 Å². The van der Waals surface area contributed by atoms with Crippen LogP contribution in [-0.4, -0.2) is 36.4 Å². The first-order chi connectivity index (χ1) is 12.1. The summed E-state index contributed by atoms with van der Waals surface area (Å²) >= 11 is 6.18. The minimum atomic E-state index is -0.681. The quantitative estimate of drug-likeness (QED) is 0.848. The van der Waals surface area contributed by atoms with Crippen molar-refractivity contribution < 1.29 is 19.1 Å². The van der Waals surface area contributed by atoms with Gasteiger partial charge in [-0.15, -0.1) is 0 Å². The number of fused-ring (bicyclic) bond motifs is 1. The van der Waals surface area contributed by atoms with Crippen LogP contribution < -0.4 is 4.90 Å². The van der Waals surface area contributed by atoms with Crippen molar-refractivity contribution in [3.8, 4) is 0 Å². The molecule has 1 N–H and O–H groups in total. The Kier molecular flexibility index (Phi) is 4.58. The number of nitrogens with one attached hydrogen (secondary N) is 1. The lowest BCUT2D eigenvalue weighted by molar-refractivity contribution is -0.139. The number of nitrogens with zero attached hydrogens (tertiary/aromatic N) is 2. The molecular weight excluding hydrogens is 346 g/mol. The molecule has 0 radical (unpaired) electrons. The molecule has 0 unspecified atom stereocenters. The van der Waals surface area contributed by atoms with Crippen molar-refractivity contribution >= 4 is 40.1 Å². The Morgan fingerprint density at radius 2 is 1.92 bits per heavy atom. The maximum atomic E-state index is 12.4. The molecule has 1 aliphatic heterocycles. The molecule has 0 bridgehead atoms. The Labute approximate surface area is 148 Å². The summed E-state index contributed by atoms with van der Waals surface area (Å²) in [7, 11) is 2.49. The average molecular weight is 360 g/mol. The topological polar surface area (TPSA) is 84.5 Å². The van der Waals surface area contributed by atoms with E-state index in [0.717, 1.165) is 0 Å². The van der Waals surface area contributed by atoms with E-state index in [1.165, 1.54) is 25.2 Å². The van der Waals surface area contributed by atoms with Gasteiger partial charge in [0, 0.05) is 11.6 Å². The van der Waals surface area contributed by atoms with Gasteiger partial charge in [0.25, 0.3) is 0 Å². The smallest absolute Gasteiger partial charge is 0.355 e. The highest BCUT2D eigenvalue weighted by Crippen LogP contribution is 2.34. The molecule has 0 saturated carbocycles. The Bertz CT molecular complexity index is 943. The van der Waals surface area contributed by atoms with Gasteiger partial charge in [-0.3, -0.25) is 5.10 Å². The molecule has 0 amide bonds. The zero-order chi connectivity index (χ0) is 18.0. The first kappa shape index (κ1) is 16.8. The number of H-pyrrole nitrogens is 1. The Balaban J connectivity index is 2.28. The third-order valence-electron chi connectivity index (χ3n) is 3.69. The van der Waals surface area contributed by atoms with Gasteiger partial charge in [-0.25, -0.2) is 9.59 Å². The third kappa shape index (κ3) is 2.89. The van der Waals surface area contributed by atoms with Crippen LogP contribution in [0.2, 0.25) is 5.02 Å². The van der Waals surface area contributed by atoms with Gasteiger partial charge in [-0.05, 0) is 24.3 Å². The molecule has 25 heavy (non-hydrogen) atoms. The fourth-order valence-electron chi connectivity index (χ4n) is 2.54. The maximum Gasteiger partial charge on any atom is 0.355 e. The number of anilines is 1. The summed E-state index contributed by atoms with van der Waals surface area (Å²) in [5.41, 5.74) is 1.29. The molecule has 7 nitrogen and oxygen atoms in total. The van der Waals surface area contributed by atoms with Gasteiger partial charge in [-0.2, -0.15) is 5.10 Å². The molecular formula is C17H14ClN3O4. The van der Waals surface area contributed by atoms with Crippen LogP contribution in [0, 0.1) is 0 Å². The predicted octanol–water partition coefficient (Wildman–Crippen LogP) is 2.71. The van der Waals surface area contributed by atoms with Crippen molar-refractivity contribution in [3.05, 3.63) is 59.1 Å². The minimum absolute atomic E-state index is 0.0255. The second kappa shape index (κ2) is 6.82. The summed E-state index contributed by atoms with van der Waals surface area (Å²) in [5.74, 6) is -1.33. The first-order valence-electron chi connectivity index (χ1n) is 7.25. The van der Waals surface area contributed by atoms with Crippen molar-refractivity contribution in [2.75, 3.05) is 19.1 Å². The lowest BCUT2D eigenvalue weighted by Gasteiger charge is -2.23. The Hall–Kier alpha value is -3.06. The zero-order valence-electron chi connectivity index (χ0n) is 13.4. The molecule has 3 rings (SSSR count). The molecule has 2 aromatic rings. The number of carbonyl (C=O) groups excluding carboxylic acids is 2. The van der Waals surface area contributed by atoms with Gasteiger partial charge in [0.1, 0.15) is 5.70 Å². The second-order valence-corrected chi connectivity index (χ2v) is 5.45. The number of esters is 2. The number of allylic oxidation sites excluding steroid dienone is 2. The summed E-state index contributed by atoms with van der Waals surface area (Å²) in [4.78, 5) is 26.1.